The summed E-state index contributed by atoms with van der Waals surface area (Å²) in [7, 11) is 0. The van der Waals surface area contributed by atoms with E-state index in [9.17, 15) is 4.79 Å². The fourth-order valence-corrected chi connectivity index (χ4v) is 3.33. The highest BCUT2D eigenvalue weighted by atomic mass is 16.5. The van der Waals surface area contributed by atoms with Crippen molar-refractivity contribution in [1.82, 2.24) is 9.80 Å². The van der Waals surface area contributed by atoms with Gasteiger partial charge in [0.25, 0.3) is 0 Å². The summed E-state index contributed by atoms with van der Waals surface area (Å²) in [5.74, 6) is 1.10. The number of para-hydroxylation sites is 1. The number of piperazine rings is 1. The smallest absolute Gasteiger partial charge is 0.227 e. The van der Waals surface area contributed by atoms with Gasteiger partial charge < -0.3 is 14.4 Å². The molecule has 0 spiro atoms. The SMILES string of the molecule is Cc1ccccc1CC(=O)N1CCN(CCOCCOc2ccccc2)CC1. The van der Waals surface area contributed by atoms with Gasteiger partial charge in [0.1, 0.15) is 12.4 Å². The number of benzene rings is 2. The van der Waals surface area contributed by atoms with Crippen LogP contribution in [-0.4, -0.2) is 68.3 Å². The van der Waals surface area contributed by atoms with Gasteiger partial charge in [0, 0.05) is 32.7 Å². The highest BCUT2D eigenvalue weighted by Gasteiger charge is 2.21. The molecule has 1 aliphatic heterocycles. The van der Waals surface area contributed by atoms with E-state index in [4.69, 9.17) is 9.47 Å². The highest BCUT2D eigenvalue weighted by Crippen LogP contribution is 2.11. The lowest BCUT2D eigenvalue weighted by atomic mass is 10.1. The number of hydrogen-bond acceptors (Lipinski definition) is 4. The van der Waals surface area contributed by atoms with E-state index in [-0.39, 0.29) is 5.91 Å². The van der Waals surface area contributed by atoms with E-state index in [1.165, 1.54) is 5.56 Å². The minimum absolute atomic E-state index is 0.225. The summed E-state index contributed by atoms with van der Waals surface area (Å²) in [5.41, 5.74) is 2.31. The number of carbonyl (C=O) groups is 1. The maximum Gasteiger partial charge on any atom is 0.227 e. The molecule has 1 saturated heterocycles. The van der Waals surface area contributed by atoms with Gasteiger partial charge in [-0.25, -0.2) is 0 Å². The summed E-state index contributed by atoms with van der Waals surface area (Å²) in [6.07, 6.45) is 0.497. The largest absolute Gasteiger partial charge is 0.491 e. The van der Waals surface area contributed by atoms with Crippen molar-refractivity contribution in [1.29, 1.82) is 0 Å². The monoisotopic (exact) mass is 382 g/mol. The topological polar surface area (TPSA) is 42.0 Å². The van der Waals surface area contributed by atoms with Crippen LogP contribution in [0, 0.1) is 6.92 Å². The van der Waals surface area contributed by atoms with E-state index in [2.05, 4.69) is 17.9 Å². The summed E-state index contributed by atoms with van der Waals surface area (Å²) in [6.45, 7) is 8.19. The van der Waals surface area contributed by atoms with Crippen LogP contribution in [0.4, 0.5) is 0 Å². The number of amides is 1. The van der Waals surface area contributed by atoms with E-state index in [0.717, 1.165) is 44.0 Å². The molecule has 1 amide bonds. The summed E-state index contributed by atoms with van der Waals surface area (Å²) < 4.78 is 11.3. The molecular formula is C23H30N2O3. The van der Waals surface area contributed by atoms with Crippen molar-refractivity contribution in [3.63, 3.8) is 0 Å². The molecule has 150 valence electrons. The molecule has 1 fully saturated rings. The van der Waals surface area contributed by atoms with E-state index in [1.54, 1.807) is 0 Å². The first-order chi connectivity index (χ1) is 13.7. The molecule has 0 unspecified atom stereocenters. The van der Waals surface area contributed by atoms with Crippen LogP contribution >= 0.6 is 0 Å². The minimum atomic E-state index is 0.225. The molecule has 0 aliphatic carbocycles. The molecule has 0 bridgehead atoms. The molecule has 5 heteroatoms. The lowest BCUT2D eigenvalue weighted by molar-refractivity contribution is -0.132. The Balaban J connectivity index is 1.27. The Labute approximate surface area is 167 Å². The van der Waals surface area contributed by atoms with Gasteiger partial charge in [-0.05, 0) is 30.2 Å². The van der Waals surface area contributed by atoms with Gasteiger partial charge >= 0.3 is 0 Å². The second-order valence-electron chi connectivity index (χ2n) is 7.10. The Morgan fingerprint density at radius 1 is 0.893 bits per heavy atom. The van der Waals surface area contributed by atoms with Gasteiger partial charge in [-0.3, -0.25) is 9.69 Å². The normalized spacial score (nSPS) is 14.8. The van der Waals surface area contributed by atoms with Gasteiger partial charge in [-0.2, -0.15) is 0 Å². The molecule has 0 N–H and O–H groups in total. The second kappa shape index (κ2) is 10.8. The Hall–Kier alpha value is -2.37. The summed E-state index contributed by atoms with van der Waals surface area (Å²) in [5, 5.41) is 0. The van der Waals surface area contributed by atoms with Gasteiger partial charge in [0.15, 0.2) is 0 Å². The van der Waals surface area contributed by atoms with E-state index < -0.39 is 0 Å². The van der Waals surface area contributed by atoms with Crippen molar-refractivity contribution in [2.24, 2.45) is 0 Å². The fourth-order valence-electron chi connectivity index (χ4n) is 3.33. The number of aryl methyl sites for hydroxylation is 1. The Bertz CT molecular complexity index is 728. The fraction of sp³-hybridized carbons (Fsp3) is 0.435. The second-order valence-corrected chi connectivity index (χ2v) is 7.10. The van der Waals surface area contributed by atoms with Crippen LogP contribution in [0.15, 0.2) is 54.6 Å². The predicted molar refractivity (Wildman–Crippen MR) is 111 cm³/mol. The van der Waals surface area contributed by atoms with Crippen molar-refractivity contribution >= 4 is 5.91 Å². The van der Waals surface area contributed by atoms with Crippen LogP contribution in [0.3, 0.4) is 0 Å². The average molecular weight is 383 g/mol. The molecule has 28 heavy (non-hydrogen) atoms. The van der Waals surface area contributed by atoms with Crippen molar-refractivity contribution in [2.75, 3.05) is 52.5 Å². The van der Waals surface area contributed by atoms with Crippen molar-refractivity contribution in [2.45, 2.75) is 13.3 Å². The molecule has 2 aromatic rings. The molecule has 5 nitrogen and oxygen atoms in total. The molecule has 2 aromatic carbocycles. The lowest BCUT2D eigenvalue weighted by Crippen LogP contribution is -2.49. The van der Waals surface area contributed by atoms with Crippen LogP contribution in [0.1, 0.15) is 11.1 Å². The van der Waals surface area contributed by atoms with Gasteiger partial charge in [0.2, 0.25) is 5.91 Å². The maximum atomic E-state index is 12.5. The molecule has 0 saturated carbocycles. The molecule has 0 radical (unpaired) electrons. The van der Waals surface area contributed by atoms with Crippen LogP contribution in [0.25, 0.3) is 0 Å². The third-order valence-corrected chi connectivity index (χ3v) is 5.12. The summed E-state index contributed by atoms with van der Waals surface area (Å²) in [6, 6.07) is 17.9. The Morgan fingerprint density at radius 2 is 1.61 bits per heavy atom. The third kappa shape index (κ3) is 6.36. The summed E-state index contributed by atoms with van der Waals surface area (Å²) >= 11 is 0. The Morgan fingerprint density at radius 3 is 2.36 bits per heavy atom. The molecule has 1 heterocycles. The zero-order valence-electron chi connectivity index (χ0n) is 16.7. The van der Waals surface area contributed by atoms with Crippen LogP contribution in [0.2, 0.25) is 0 Å². The van der Waals surface area contributed by atoms with Crippen LogP contribution < -0.4 is 4.74 Å². The van der Waals surface area contributed by atoms with E-state index in [0.29, 0.717) is 26.2 Å². The number of nitrogens with zero attached hydrogens (tertiary/aromatic N) is 2. The van der Waals surface area contributed by atoms with Crippen LogP contribution in [-0.2, 0) is 16.0 Å². The van der Waals surface area contributed by atoms with Crippen molar-refractivity contribution < 1.29 is 14.3 Å². The molecule has 3 rings (SSSR count). The van der Waals surface area contributed by atoms with E-state index in [1.807, 2.05) is 53.4 Å². The quantitative estimate of drug-likeness (QED) is 0.626. The van der Waals surface area contributed by atoms with Crippen LogP contribution in [0.5, 0.6) is 5.75 Å². The first kappa shape index (κ1) is 20.4. The zero-order valence-corrected chi connectivity index (χ0v) is 16.7. The highest BCUT2D eigenvalue weighted by molar-refractivity contribution is 5.79. The zero-order chi connectivity index (χ0) is 19.6. The molecule has 0 atom stereocenters. The number of rotatable bonds is 9. The first-order valence-corrected chi connectivity index (χ1v) is 10.0. The standard InChI is InChI=1S/C23H30N2O3/c1-20-7-5-6-8-21(20)19-23(26)25-13-11-24(12-14-25)15-16-27-17-18-28-22-9-3-2-4-10-22/h2-10H,11-19H2,1H3. The van der Waals surface area contributed by atoms with Gasteiger partial charge in [-0.15, -0.1) is 0 Å². The minimum Gasteiger partial charge on any atom is -0.491 e. The summed E-state index contributed by atoms with van der Waals surface area (Å²) in [4.78, 5) is 16.9. The molecule has 1 aliphatic rings. The first-order valence-electron chi connectivity index (χ1n) is 10.0. The lowest BCUT2D eigenvalue weighted by Gasteiger charge is -2.34. The molecule has 0 aromatic heterocycles. The van der Waals surface area contributed by atoms with Gasteiger partial charge in [0.05, 0.1) is 19.6 Å². The molecular weight excluding hydrogens is 352 g/mol. The van der Waals surface area contributed by atoms with E-state index >= 15 is 0 Å². The van der Waals surface area contributed by atoms with Gasteiger partial charge in [-0.1, -0.05) is 42.5 Å². The maximum absolute atomic E-state index is 12.5. The average Bonchev–Trinajstić information content (AvgIpc) is 2.73. The number of hydrogen-bond donors (Lipinski definition) is 0. The van der Waals surface area contributed by atoms with Crippen molar-refractivity contribution in [3.8, 4) is 5.75 Å². The third-order valence-electron chi connectivity index (χ3n) is 5.12. The predicted octanol–water partition coefficient (Wildman–Crippen LogP) is 2.78. The Kier molecular flexibility index (Phi) is 7.88. The van der Waals surface area contributed by atoms with Crippen molar-refractivity contribution in [3.05, 3.63) is 65.7 Å². The number of carbonyl (C=O) groups excluding carboxylic acids is 1. The number of ether oxygens (including phenoxy) is 2.